The van der Waals surface area contributed by atoms with E-state index < -0.39 is 0 Å². The quantitative estimate of drug-likeness (QED) is 0.681. The molecule has 0 radical (unpaired) electrons. The third-order valence-corrected chi connectivity index (χ3v) is 5.64. The number of alkyl halides is 1. The lowest BCUT2D eigenvalue weighted by atomic mass is 9.80. The predicted octanol–water partition coefficient (Wildman–Crippen LogP) is 5.14. The van der Waals surface area contributed by atoms with Crippen molar-refractivity contribution in [1.29, 1.82) is 0 Å². The molecular formula is C17H25BrO. The maximum absolute atomic E-state index is 5.12. The monoisotopic (exact) mass is 324 g/mol. The Morgan fingerprint density at radius 3 is 2.37 bits per heavy atom. The summed E-state index contributed by atoms with van der Waals surface area (Å²) in [5.74, 6) is 1.73. The molecule has 1 nitrogen and oxygen atoms in total. The lowest BCUT2D eigenvalue weighted by Gasteiger charge is -2.30. The van der Waals surface area contributed by atoms with Gasteiger partial charge < -0.3 is 4.74 Å². The van der Waals surface area contributed by atoms with Crippen LogP contribution in [-0.2, 0) is 11.2 Å². The maximum atomic E-state index is 5.12. The highest BCUT2D eigenvalue weighted by Crippen LogP contribution is 2.41. The molecule has 0 heterocycles. The van der Waals surface area contributed by atoms with Crippen molar-refractivity contribution in [2.45, 2.75) is 43.9 Å². The number of hydrogen-bond donors (Lipinski definition) is 0. The SMILES string of the molecule is COCCc1ccc(C(Br)C2CCC(C)CC2)cc1. The van der Waals surface area contributed by atoms with Crippen LogP contribution in [0.1, 0.15) is 48.6 Å². The Labute approximate surface area is 125 Å². The van der Waals surface area contributed by atoms with Crippen LogP contribution in [0.2, 0.25) is 0 Å². The molecule has 0 amide bonds. The van der Waals surface area contributed by atoms with E-state index in [2.05, 4.69) is 47.1 Å². The molecule has 1 fully saturated rings. The fraction of sp³-hybridized carbons (Fsp3) is 0.647. The molecule has 1 aliphatic carbocycles. The van der Waals surface area contributed by atoms with E-state index in [1.165, 1.54) is 36.8 Å². The summed E-state index contributed by atoms with van der Waals surface area (Å²) in [4.78, 5) is 0.525. The first-order valence-electron chi connectivity index (χ1n) is 7.42. The van der Waals surface area contributed by atoms with Gasteiger partial charge in [0.15, 0.2) is 0 Å². The van der Waals surface area contributed by atoms with E-state index in [0.717, 1.165) is 24.9 Å². The highest BCUT2D eigenvalue weighted by Gasteiger charge is 2.25. The summed E-state index contributed by atoms with van der Waals surface area (Å²) in [7, 11) is 1.76. The molecule has 1 aliphatic rings. The van der Waals surface area contributed by atoms with Crippen molar-refractivity contribution in [3.63, 3.8) is 0 Å². The van der Waals surface area contributed by atoms with Crippen LogP contribution >= 0.6 is 15.9 Å². The minimum atomic E-state index is 0.525. The number of hydrogen-bond acceptors (Lipinski definition) is 1. The van der Waals surface area contributed by atoms with Crippen LogP contribution in [0.15, 0.2) is 24.3 Å². The fourth-order valence-corrected chi connectivity index (χ4v) is 3.77. The lowest BCUT2D eigenvalue weighted by molar-refractivity contribution is 0.202. The largest absolute Gasteiger partial charge is 0.384 e. The van der Waals surface area contributed by atoms with E-state index in [0.29, 0.717) is 4.83 Å². The Morgan fingerprint density at radius 1 is 1.16 bits per heavy atom. The number of benzene rings is 1. The van der Waals surface area contributed by atoms with Gasteiger partial charge in [0.25, 0.3) is 0 Å². The average Bonchev–Trinajstić information content (AvgIpc) is 2.46. The minimum Gasteiger partial charge on any atom is -0.384 e. The summed E-state index contributed by atoms with van der Waals surface area (Å²) in [5, 5.41) is 0. The van der Waals surface area contributed by atoms with Gasteiger partial charge in [0.2, 0.25) is 0 Å². The second-order valence-corrected chi connectivity index (χ2v) is 6.89. The van der Waals surface area contributed by atoms with E-state index in [-0.39, 0.29) is 0 Å². The minimum absolute atomic E-state index is 0.525. The third-order valence-electron chi connectivity index (χ3n) is 4.37. The molecule has 0 spiro atoms. The van der Waals surface area contributed by atoms with E-state index in [1.54, 1.807) is 7.11 Å². The Balaban J connectivity index is 1.93. The van der Waals surface area contributed by atoms with Crippen molar-refractivity contribution < 1.29 is 4.74 Å². The van der Waals surface area contributed by atoms with Gasteiger partial charge in [0.05, 0.1) is 6.61 Å². The smallest absolute Gasteiger partial charge is 0.0502 e. The van der Waals surface area contributed by atoms with Gasteiger partial charge >= 0.3 is 0 Å². The van der Waals surface area contributed by atoms with Gasteiger partial charge in [-0.25, -0.2) is 0 Å². The van der Waals surface area contributed by atoms with Gasteiger partial charge in [-0.05, 0) is 42.2 Å². The molecule has 0 bridgehead atoms. The normalized spacial score (nSPS) is 25.2. The predicted molar refractivity (Wildman–Crippen MR) is 84.8 cm³/mol. The van der Waals surface area contributed by atoms with Crippen LogP contribution in [0.25, 0.3) is 0 Å². The van der Waals surface area contributed by atoms with Crippen LogP contribution in [0, 0.1) is 11.8 Å². The third kappa shape index (κ3) is 4.32. The molecule has 0 aromatic heterocycles. The average molecular weight is 325 g/mol. The first-order chi connectivity index (χ1) is 9.20. The van der Waals surface area contributed by atoms with Gasteiger partial charge in [-0.3, -0.25) is 0 Å². The molecule has 106 valence electrons. The molecular weight excluding hydrogens is 300 g/mol. The van der Waals surface area contributed by atoms with Crippen molar-refractivity contribution in [1.82, 2.24) is 0 Å². The number of halogens is 1. The fourth-order valence-electron chi connectivity index (χ4n) is 2.94. The second kappa shape index (κ2) is 7.44. The van der Waals surface area contributed by atoms with E-state index in [4.69, 9.17) is 4.74 Å². The first kappa shape index (κ1) is 15.1. The number of rotatable bonds is 5. The Morgan fingerprint density at radius 2 is 1.79 bits per heavy atom. The van der Waals surface area contributed by atoms with E-state index in [1.807, 2.05) is 0 Å². The van der Waals surface area contributed by atoms with Crippen LogP contribution in [0.5, 0.6) is 0 Å². The molecule has 0 aliphatic heterocycles. The second-order valence-electron chi connectivity index (χ2n) is 5.91. The van der Waals surface area contributed by atoms with Crippen molar-refractivity contribution in [2.75, 3.05) is 13.7 Å². The lowest BCUT2D eigenvalue weighted by Crippen LogP contribution is -2.16. The van der Waals surface area contributed by atoms with Gasteiger partial charge in [0.1, 0.15) is 0 Å². The first-order valence-corrected chi connectivity index (χ1v) is 8.34. The molecule has 1 atom stereocenters. The molecule has 1 unspecified atom stereocenters. The molecule has 2 heteroatoms. The summed E-state index contributed by atoms with van der Waals surface area (Å²) >= 11 is 3.92. The van der Waals surface area contributed by atoms with Crippen molar-refractivity contribution in [3.05, 3.63) is 35.4 Å². The Kier molecular flexibility index (Phi) is 5.90. The van der Waals surface area contributed by atoms with Gasteiger partial charge in [0, 0.05) is 11.9 Å². The zero-order valence-electron chi connectivity index (χ0n) is 12.1. The molecule has 2 rings (SSSR count). The van der Waals surface area contributed by atoms with Crippen molar-refractivity contribution >= 4 is 15.9 Å². The van der Waals surface area contributed by atoms with E-state index in [9.17, 15) is 0 Å². The summed E-state index contributed by atoms with van der Waals surface area (Å²) in [6, 6.07) is 9.05. The zero-order chi connectivity index (χ0) is 13.7. The highest BCUT2D eigenvalue weighted by atomic mass is 79.9. The standard InChI is InChI=1S/C17H25BrO/c1-13-3-7-15(8-4-13)17(18)16-9-5-14(6-10-16)11-12-19-2/h5-6,9-10,13,15,17H,3-4,7-8,11-12H2,1-2H3. The highest BCUT2D eigenvalue weighted by molar-refractivity contribution is 9.09. The molecule has 0 saturated heterocycles. The van der Waals surface area contributed by atoms with Crippen molar-refractivity contribution in [2.24, 2.45) is 11.8 Å². The topological polar surface area (TPSA) is 9.23 Å². The Hall–Kier alpha value is -0.340. The summed E-state index contributed by atoms with van der Waals surface area (Å²) in [6.07, 6.45) is 6.51. The van der Waals surface area contributed by atoms with Crippen molar-refractivity contribution in [3.8, 4) is 0 Å². The van der Waals surface area contributed by atoms with Gasteiger partial charge in [-0.2, -0.15) is 0 Å². The summed E-state index contributed by atoms with van der Waals surface area (Å²) in [5.41, 5.74) is 2.79. The van der Waals surface area contributed by atoms with E-state index >= 15 is 0 Å². The van der Waals surface area contributed by atoms with Crippen LogP contribution in [0.4, 0.5) is 0 Å². The summed E-state index contributed by atoms with van der Waals surface area (Å²) < 4.78 is 5.12. The van der Waals surface area contributed by atoms with Crippen LogP contribution < -0.4 is 0 Å². The van der Waals surface area contributed by atoms with Crippen LogP contribution in [-0.4, -0.2) is 13.7 Å². The molecule has 1 aromatic carbocycles. The number of methoxy groups -OCH3 is 1. The maximum Gasteiger partial charge on any atom is 0.0502 e. The Bertz CT molecular complexity index is 365. The molecule has 19 heavy (non-hydrogen) atoms. The molecule has 1 saturated carbocycles. The van der Waals surface area contributed by atoms with Crippen LogP contribution in [0.3, 0.4) is 0 Å². The number of ether oxygens (including phenoxy) is 1. The molecule has 0 N–H and O–H groups in total. The zero-order valence-corrected chi connectivity index (χ0v) is 13.7. The summed E-state index contributed by atoms with van der Waals surface area (Å²) in [6.45, 7) is 3.18. The molecule has 1 aromatic rings. The van der Waals surface area contributed by atoms with Gasteiger partial charge in [-0.15, -0.1) is 0 Å². The van der Waals surface area contributed by atoms with Gasteiger partial charge in [-0.1, -0.05) is 60.0 Å².